The van der Waals surface area contributed by atoms with Crippen LogP contribution >= 0.6 is 0 Å². The fraction of sp³-hybridized carbons (Fsp3) is 0.462. The summed E-state index contributed by atoms with van der Waals surface area (Å²) in [5.74, 6) is -5.46. The zero-order valence-electron chi connectivity index (χ0n) is 12.3. The van der Waals surface area contributed by atoms with Crippen molar-refractivity contribution in [2.45, 2.75) is 32.2 Å². The minimum Gasteiger partial charge on any atom is -0.471 e. The van der Waals surface area contributed by atoms with E-state index in [1.54, 1.807) is 0 Å². The van der Waals surface area contributed by atoms with Gasteiger partial charge in [0.2, 0.25) is 17.7 Å². The highest BCUT2D eigenvalue weighted by Crippen LogP contribution is 2.24. The molecule has 1 heterocycles. The van der Waals surface area contributed by atoms with Gasteiger partial charge in [0.25, 0.3) is 0 Å². The van der Waals surface area contributed by atoms with Crippen LogP contribution < -0.4 is 15.4 Å². The molecule has 0 saturated heterocycles. The number of anilines is 1. The lowest BCUT2D eigenvalue weighted by Gasteiger charge is -2.16. The molecule has 0 saturated carbocycles. The summed E-state index contributed by atoms with van der Waals surface area (Å²) in [5, 5.41) is 4.80. The van der Waals surface area contributed by atoms with Crippen molar-refractivity contribution in [3.05, 3.63) is 18.3 Å². The minimum atomic E-state index is -4.28. The predicted octanol–water partition coefficient (Wildman–Crippen LogP) is 1.82. The van der Waals surface area contributed by atoms with Gasteiger partial charge in [-0.15, -0.1) is 0 Å². The Morgan fingerprint density at radius 3 is 2.48 bits per heavy atom. The quantitative estimate of drug-likeness (QED) is 0.744. The number of carbonyl (C=O) groups is 2. The summed E-state index contributed by atoms with van der Waals surface area (Å²) in [6.07, 6.45) is -2.73. The van der Waals surface area contributed by atoms with Crippen molar-refractivity contribution < 1.29 is 31.9 Å². The lowest BCUT2D eigenvalue weighted by molar-refractivity contribution is -0.148. The standard InChI is InChI=1S/C13H15F4N3O3/c1-7(19-8(2)21)11(22)20-9-3-4-10(18-5-9)23-6-13(16,17)12(14)15/h3-5,7,12H,6H2,1-2H3,(H,19,21)(H,20,22). The van der Waals surface area contributed by atoms with Crippen LogP contribution in [-0.4, -0.2) is 41.8 Å². The van der Waals surface area contributed by atoms with Crippen LogP contribution in [-0.2, 0) is 9.59 Å². The van der Waals surface area contributed by atoms with Gasteiger partial charge in [0.15, 0.2) is 6.61 Å². The Bertz CT molecular complexity index is 552. The molecule has 0 aliphatic rings. The van der Waals surface area contributed by atoms with Crippen LogP contribution in [0.5, 0.6) is 5.88 Å². The zero-order valence-corrected chi connectivity index (χ0v) is 12.3. The number of alkyl halides is 4. The molecule has 1 aromatic heterocycles. The molecule has 0 aromatic carbocycles. The Labute approximate surface area is 129 Å². The van der Waals surface area contributed by atoms with E-state index in [2.05, 4.69) is 20.4 Å². The second kappa shape index (κ2) is 7.75. The number of halogens is 4. The van der Waals surface area contributed by atoms with Crippen LogP contribution in [0.3, 0.4) is 0 Å². The highest BCUT2D eigenvalue weighted by atomic mass is 19.3. The van der Waals surface area contributed by atoms with Gasteiger partial charge in [-0.3, -0.25) is 9.59 Å². The Balaban J connectivity index is 2.57. The van der Waals surface area contributed by atoms with Gasteiger partial charge >= 0.3 is 12.3 Å². The van der Waals surface area contributed by atoms with Crippen molar-refractivity contribution in [1.82, 2.24) is 10.3 Å². The molecule has 10 heteroatoms. The highest BCUT2D eigenvalue weighted by molar-refractivity contribution is 5.96. The number of nitrogens with zero attached hydrogens (tertiary/aromatic N) is 1. The van der Waals surface area contributed by atoms with Gasteiger partial charge in [-0.05, 0) is 13.0 Å². The van der Waals surface area contributed by atoms with E-state index in [-0.39, 0.29) is 17.5 Å². The molecule has 0 aliphatic heterocycles. The molecule has 0 radical (unpaired) electrons. The normalized spacial score (nSPS) is 12.7. The van der Waals surface area contributed by atoms with Gasteiger partial charge in [-0.2, -0.15) is 8.78 Å². The average Bonchev–Trinajstić information content (AvgIpc) is 2.45. The first-order chi connectivity index (χ1) is 10.6. The van der Waals surface area contributed by atoms with Crippen LogP contribution in [0.2, 0.25) is 0 Å². The highest BCUT2D eigenvalue weighted by Gasteiger charge is 2.41. The van der Waals surface area contributed by atoms with Gasteiger partial charge in [0, 0.05) is 13.0 Å². The molecule has 0 fully saturated rings. The number of rotatable bonds is 7. The van der Waals surface area contributed by atoms with Crippen LogP contribution in [0, 0.1) is 0 Å². The Morgan fingerprint density at radius 1 is 1.35 bits per heavy atom. The zero-order chi connectivity index (χ0) is 17.6. The van der Waals surface area contributed by atoms with E-state index < -0.39 is 30.9 Å². The van der Waals surface area contributed by atoms with Crippen molar-refractivity contribution in [2.75, 3.05) is 11.9 Å². The second-order valence-corrected chi connectivity index (χ2v) is 4.65. The third kappa shape index (κ3) is 6.09. The molecule has 0 bridgehead atoms. The molecule has 2 N–H and O–H groups in total. The van der Waals surface area contributed by atoms with E-state index in [1.807, 2.05) is 0 Å². The Kier molecular flexibility index (Phi) is 6.28. The lowest BCUT2D eigenvalue weighted by atomic mass is 10.3. The van der Waals surface area contributed by atoms with Gasteiger partial charge in [-0.1, -0.05) is 0 Å². The van der Waals surface area contributed by atoms with Gasteiger partial charge < -0.3 is 15.4 Å². The molecule has 23 heavy (non-hydrogen) atoms. The number of carbonyl (C=O) groups excluding carboxylic acids is 2. The molecular weight excluding hydrogens is 322 g/mol. The molecule has 6 nitrogen and oxygen atoms in total. The van der Waals surface area contributed by atoms with Crippen molar-refractivity contribution in [3.8, 4) is 5.88 Å². The van der Waals surface area contributed by atoms with Crippen molar-refractivity contribution in [3.63, 3.8) is 0 Å². The van der Waals surface area contributed by atoms with Crippen LogP contribution in [0.4, 0.5) is 23.2 Å². The maximum atomic E-state index is 12.7. The first-order valence-electron chi connectivity index (χ1n) is 6.44. The topological polar surface area (TPSA) is 80.3 Å². The Hall–Kier alpha value is -2.39. The molecule has 1 unspecified atom stereocenters. The maximum absolute atomic E-state index is 12.7. The SMILES string of the molecule is CC(=O)NC(C)C(=O)Nc1ccc(OCC(F)(F)C(F)F)nc1. The molecule has 0 aliphatic carbocycles. The maximum Gasteiger partial charge on any atom is 0.340 e. The van der Waals surface area contributed by atoms with E-state index in [9.17, 15) is 27.2 Å². The summed E-state index contributed by atoms with van der Waals surface area (Å²) < 4.78 is 53.8. The van der Waals surface area contributed by atoms with E-state index in [0.717, 1.165) is 12.3 Å². The van der Waals surface area contributed by atoms with E-state index in [1.165, 1.54) is 19.9 Å². The summed E-state index contributed by atoms with van der Waals surface area (Å²) in [6.45, 7) is 1.21. The molecule has 128 valence electrons. The molecule has 0 spiro atoms. The predicted molar refractivity (Wildman–Crippen MR) is 72.6 cm³/mol. The largest absolute Gasteiger partial charge is 0.471 e. The molecule has 1 rings (SSSR count). The molecule has 1 atom stereocenters. The number of hydrogen-bond acceptors (Lipinski definition) is 4. The minimum absolute atomic E-state index is 0.222. The van der Waals surface area contributed by atoms with Crippen LogP contribution in [0.1, 0.15) is 13.8 Å². The number of nitrogens with one attached hydrogen (secondary N) is 2. The second-order valence-electron chi connectivity index (χ2n) is 4.65. The molecular formula is C13H15F4N3O3. The Morgan fingerprint density at radius 2 is 2.00 bits per heavy atom. The number of aromatic nitrogens is 1. The van der Waals surface area contributed by atoms with Crippen molar-refractivity contribution in [1.29, 1.82) is 0 Å². The smallest absolute Gasteiger partial charge is 0.340 e. The molecule has 1 aromatic rings. The first-order valence-corrected chi connectivity index (χ1v) is 6.44. The van der Waals surface area contributed by atoms with Crippen LogP contribution in [0.25, 0.3) is 0 Å². The van der Waals surface area contributed by atoms with Crippen LogP contribution in [0.15, 0.2) is 18.3 Å². The third-order valence-corrected chi connectivity index (χ3v) is 2.55. The summed E-state index contributed by atoms with van der Waals surface area (Å²) >= 11 is 0. The van der Waals surface area contributed by atoms with Crippen molar-refractivity contribution in [2.24, 2.45) is 0 Å². The van der Waals surface area contributed by atoms with Gasteiger partial charge in [0.05, 0.1) is 11.9 Å². The number of ether oxygens (including phenoxy) is 1. The third-order valence-electron chi connectivity index (χ3n) is 2.55. The van der Waals surface area contributed by atoms with Crippen molar-refractivity contribution >= 4 is 17.5 Å². The number of pyridine rings is 1. The first kappa shape index (κ1) is 18.7. The number of amides is 2. The van der Waals surface area contributed by atoms with E-state index in [4.69, 9.17) is 0 Å². The summed E-state index contributed by atoms with van der Waals surface area (Å²) in [7, 11) is 0. The van der Waals surface area contributed by atoms with Gasteiger partial charge in [0.1, 0.15) is 6.04 Å². The lowest BCUT2D eigenvalue weighted by Crippen LogP contribution is -2.40. The fourth-order valence-electron chi connectivity index (χ4n) is 1.39. The summed E-state index contributed by atoms with van der Waals surface area (Å²) in [4.78, 5) is 26.1. The molecule has 2 amide bonds. The van der Waals surface area contributed by atoms with E-state index in [0.29, 0.717) is 0 Å². The fourth-order valence-corrected chi connectivity index (χ4v) is 1.39. The summed E-state index contributed by atoms with van der Waals surface area (Å²) in [5.41, 5.74) is 0.222. The summed E-state index contributed by atoms with van der Waals surface area (Å²) in [6, 6.07) is 1.65. The monoisotopic (exact) mass is 337 g/mol. The van der Waals surface area contributed by atoms with Gasteiger partial charge in [-0.25, -0.2) is 13.8 Å². The van der Waals surface area contributed by atoms with E-state index >= 15 is 0 Å². The average molecular weight is 337 g/mol. The number of hydrogen-bond donors (Lipinski definition) is 2.